The van der Waals surface area contributed by atoms with Crippen LogP contribution in [0.2, 0.25) is 0 Å². The summed E-state index contributed by atoms with van der Waals surface area (Å²) in [5.41, 5.74) is 4.06. The molecule has 32 heavy (non-hydrogen) atoms. The van der Waals surface area contributed by atoms with Crippen LogP contribution in [0.15, 0.2) is 35.5 Å². The van der Waals surface area contributed by atoms with Crippen molar-refractivity contribution in [1.29, 1.82) is 0 Å². The molecule has 1 amide bonds. The third kappa shape index (κ3) is 5.54. The van der Waals surface area contributed by atoms with Crippen molar-refractivity contribution in [2.45, 2.75) is 63.1 Å². The summed E-state index contributed by atoms with van der Waals surface area (Å²) in [6.45, 7) is 3.49. The number of oxime groups is 1. The van der Waals surface area contributed by atoms with Gasteiger partial charge in [-0.1, -0.05) is 35.5 Å². The van der Waals surface area contributed by atoms with Gasteiger partial charge in [-0.05, 0) is 32.3 Å². The number of ether oxygens (including phenoxy) is 1. The fourth-order valence-corrected chi connectivity index (χ4v) is 4.44. The maximum Gasteiger partial charge on any atom is 0.264 e. The van der Waals surface area contributed by atoms with Crippen molar-refractivity contribution in [3.8, 4) is 0 Å². The van der Waals surface area contributed by atoms with Gasteiger partial charge in [-0.3, -0.25) is 4.79 Å². The molecule has 0 saturated carbocycles. The summed E-state index contributed by atoms with van der Waals surface area (Å²) in [5.74, 6) is -1.10. The average Bonchev–Trinajstić information content (AvgIpc) is 3.25. The lowest BCUT2D eigenvalue weighted by atomic mass is 9.96. The third-order valence-corrected chi connectivity index (χ3v) is 7.81. The Labute approximate surface area is 187 Å². The van der Waals surface area contributed by atoms with Crippen LogP contribution in [0.3, 0.4) is 0 Å². The van der Waals surface area contributed by atoms with Crippen molar-refractivity contribution in [1.82, 2.24) is 5.48 Å². The molecule has 1 aromatic rings. The van der Waals surface area contributed by atoms with E-state index >= 15 is 0 Å². The third-order valence-electron chi connectivity index (χ3n) is 5.82. The fraction of sp³-hybridized carbons (Fsp3) is 0.545. The first kappa shape index (κ1) is 24.3. The first-order chi connectivity index (χ1) is 15.1. The smallest absolute Gasteiger partial charge is 0.264 e. The summed E-state index contributed by atoms with van der Waals surface area (Å²) in [6, 6.07) is 6.73. The quantitative estimate of drug-likeness (QED) is 0.588. The zero-order valence-electron chi connectivity index (χ0n) is 18.5. The van der Waals surface area contributed by atoms with E-state index in [1.807, 2.05) is 0 Å². The van der Waals surface area contributed by atoms with Crippen LogP contribution in [-0.4, -0.2) is 50.0 Å². The highest BCUT2D eigenvalue weighted by Crippen LogP contribution is 2.30. The second-order valence-electron chi connectivity index (χ2n) is 8.24. The minimum absolute atomic E-state index is 0.106. The normalized spacial score (nSPS) is 23.8. The number of allylic oxidation sites excluding steroid dienone is 1. The summed E-state index contributed by atoms with van der Waals surface area (Å²) < 4.78 is 42.4. The number of sulfone groups is 1. The molecule has 1 fully saturated rings. The van der Waals surface area contributed by atoms with Crippen LogP contribution in [0.25, 0.3) is 5.83 Å². The van der Waals surface area contributed by atoms with Crippen LogP contribution in [0.4, 0.5) is 4.39 Å². The van der Waals surface area contributed by atoms with Crippen molar-refractivity contribution in [2.75, 3.05) is 12.9 Å². The predicted octanol–water partition coefficient (Wildman–Crippen LogP) is 3.28. The standard InChI is InChI=1S/C22H29FN2O6S/c1-4-18(23)15-8-10-16(11-9-15)19-13-17(30-24-19)14-22(2,32(3,27)28)21(26)25-31-20-7-5-6-12-29-20/h4,8-11,17,20H,5-7,12-14H2,1-3H3,(H,25,26)/t17?,20?,22-/m1/s1. The second kappa shape index (κ2) is 10.1. The number of hydroxylamine groups is 1. The van der Waals surface area contributed by atoms with Gasteiger partial charge in [0.25, 0.3) is 5.91 Å². The Morgan fingerprint density at radius 3 is 2.66 bits per heavy atom. The number of carbonyl (C=O) groups is 1. The highest BCUT2D eigenvalue weighted by molar-refractivity contribution is 7.92. The van der Waals surface area contributed by atoms with E-state index in [0.717, 1.165) is 24.7 Å². The zero-order valence-corrected chi connectivity index (χ0v) is 19.3. The molecular formula is C22H29FN2O6S. The Kier molecular flexibility index (Phi) is 7.68. The van der Waals surface area contributed by atoms with E-state index < -0.39 is 32.9 Å². The van der Waals surface area contributed by atoms with Crippen molar-refractivity contribution in [2.24, 2.45) is 5.16 Å². The highest BCUT2D eigenvalue weighted by atomic mass is 32.2. The van der Waals surface area contributed by atoms with E-state index in [2.05, 4.69) is 10.6 Å². The number of benzene rings is 1. The van der Waals surface area contributed by atoms with E-state index in [1.54, 1.807) is 31.2 Å². The molecule has 2 heterocycles. The molecule has 176 valence electrons. The van der Waals surface area contributed by atoms with Gasteiger partial charge in [0.05, 0.1) is 5.71 Å². The number of rotatable bonds is 8. The number of hydrogen-bond donors (Lipinski definition) is 1. The summed E-state index contributed by atoms with van der Waals surface area (Å²) in [4.78, 5) is 23.6. The van der Waals surface area contributed by atoms with Gasteiger partial charge in [0, 0.05) is 37.7 Å². The van der Waals surface area contributed by atoms with Gasteiger partial charge in [0.2, 0.25) is 0 Å². The van der Waals surface area contributed by atoms with Crippen molar-refractivity contribution >= 4 is 27.3 Å². The van der Waals surface area contributed by atoms with E-state index in [4.69, 9.17) is 14.4 Å². The maximum absolute atomic E-state index is 13.7. The average molecular weight is 469 g/mol. The molecule has 1 aromatic carbocycles. The second-order valence-corrected chi connectivity index (χ2v) is 10.7. The molecule has 0 spiro atoms. The molecule has 2 unspecified atom stereocenters. The molecule has 1 N–H and O–H groups in total. The van der Waals surface area contributed by atoms with Crippen molar-refractivity contribution in [3.63, 3.8) is 0 Å². The molecule has 0 bridgehead atoms. The van der Waals surface area contributed by atoms with Gasteiger partial charge in [-0.25, -0.2) is 23.1 Å². The van der Waals surface area contributed by atoms with Crippen molar-refractivity contribution < 1.29 is 32.0 Å². The predicted molar refractivity (Wildman–Crippen MR) is 118 cm³/mol. The topological polar surface area (TPSA) is 103 Å². The molecule has 1 saturated heterocycles. The van der Waals surface area contributed by atoms with Gasteiger partial charge in [-0.2, -0.15) is 0 Å². The minimum Gasteiger partial charge on any atom is -0.392 e. The number of halogens is 1. The van der Waals surface area contributed by atoms with Gasteiger partial charge in [0.15, 0.2) is 20.9 Å². The monoisotopic (exact) mass is 468 g/mol. The molecule has 3 rings (SSSR count). The Morgan fingerprint density at radius 1 is 1.34 bits per heavy atom. The van der Waals surface area contributed by atoms with Crippen LogP contribution in [0.1, 0.15) is 57.1 Å². The van der Waals surface area contributed by atoms with E-state index in [0.29, 0.717) is 30.7 Å². The number of amides is 1. The summed E-state index contributed by atoms with van der Waals surface area (Å²) in [6.07, 6.45) is 3.83. The molecule has 2 aliphatic heterocycles. The first-order valence-corrected chi connectivity index (χ1v) is 12.5. The number of nitrogens with one attached hydrogen (secondary N) is 1. The Balaban J connectivity index is 1.64. The molecule has 3 atom stereocenters. The van der Waals surface area contributed by atoms with Crippen LogP contribution in [0.5, 0.6) is 0 Å². The molecule has 10 heteroatoms. The molecule has 0 radical (unpaired) electrons. The van der Waals surface area contributed by atoms with Gasteiger partial charge in [0.1, 0.15) is 11.9 Å². The van der Waals surface area contributed by atoms with Crippen LogP contribution in [-0.2, 0) is 29.0 Å². The van der Waals surface area contributed by atoms with Crippen LogP contribution >= 0.6 is 0 Å². The van der Waals surface area contributed by atoms with E-state index in [-0.39, 0.29) is 12.2 Å². The molecule has 0 aliphatic carbocycles. The fourth-order valence-electron chi connectivity index (χ4n) is 3.58. The summed E-state index contributed by atoms with van der Waals surface area (Å²) in [5, 5.41) is 4.06. The largest absolute Gasteiger partial charge is 0.392 e. The number of nitrogens with zero attached hydrogens (tertiary/aromatic N) is 1. The lowest BCUT2D eigenvalue weighted by Gasteiger charge is -2.29. The van der Waals surface area contributed by atoms with E-state index in [1.165, 1.54) is 13.0 Å². The van der Waals surface area contributed by atoms with Crippen LogP contribution < -0.4 is 5.48 Å². The SMILES string of the molecule is CC=C(F)c1ccc(C2=NOC(C[C@](C)(C(=O)NOC3CCCCO3)S(C)(=O)=O)C2)cc1. The number of carbonyl (C=O) groups excluding carboxylic acids is 1. The van der Waals surface area contributed by atoms with Gasteiger partial charge < -0.3 is 9.57 Å². The number of hydrogen-bond acceptors (Lipinski definition) is 7. The minimum atomic E-state index is -3.82. The lowest BCUT2D eigenvalue weighted by Crippen LogP contribution is -2.52. The molecular weight excluding hydrogens is 439 g/mol. The Bertz CT molecular complexity index is 986. The van der Waals surface area contributed by atoms with Crippen molar-refractivity contribution in [3.05, 3.63) is 41.5 Å². The van der Waals surface area contributed by atoms with Gasteiger partial charge >= 0.3 is 0 Å². The summed E-state index contributed by atoms with van der Waals surface area (Å²) >= 11 is 0. The molecule has 2 aliphatic rings. The Hall–Kier alpha value is -2.30. The lowest BCUT2D eigenvalue weighted by molar-refractivity contribution is -0.201. The first-order valence-electron chi connectivity index (χ1n) is 10.6. The maximum atomic E-state index is 13.7. The highest BCUT2D eigenvalue weighted by Gasteiger charge is 2.47. The summed E-state index contributed by atoms with van der Waals surface area (Å²) in [7, 11) is -3.82. The molecule has 8 nitrogen and oxygen atoms in total. The molecule has 0 aromatic heterocycles. The zero-order chi connectivity index (χ0) is 23.4. The van der Waals surface area contributed by atoms with Gasteiger partial charge in [-0.15, -0.1) is 0 Å². The van der Waals surface area contributed by atoms with Crippen LogP contribution in [0, 0.1) is 0 Å². The van der Waals surface area contributed by atoms with E-state index in [9.17, 15) is 17.6 Å². The Morgan fingerprint density at radius 2 is 2.06 bits per heavy atom.